The maximum absolute atomic E-state index is 13.4. The van der Waals surface area contributed by atoms with Gasteiger partial charge in [0.15, 0.2) is 0 Å². The lowest BCUT2D eigenvalue weighted by molar-refractivity contribution is -0.118. The van der Waals surface area contributed by atoms with Crippen LogP contribution in [0.3, 0.4) is 0 Å². The van der Waals surface area contributed by atoms with E-state index in [-0.39, 0.29) is 18.0 Å². The molecular formula is C17H17FO. The average molecular weight is 256 g/mol. The van der Waals surface area contributed by atoms with Crippen LogP contribution in [0.1, 0.15) is 24.0 Å². The summed E-state index contributed by atoms with van der Waals surface area (Å²) in [6.45, 7) is 0. The van der Waals surface area contributed by atoms with Crippen LogP contribution in [0.2, 0.25) is 0 Å². The molecule has 2 aromatic rings. The summed E-state index contributed by atoms with van der Waals surface area (Å²) in [5.41, 5.74) is 1.73. The molecule has 0 amide bonds. The van der Waals surface area contributed by atoms with Crippen molar-refractivity contribution in [1.82, 2.24) is 0 Å². The highest BCUT2D eigenvalue weighted by molar-refractivity contribution is 5.80. The molecule has 0 aromatic heterocycles. The summed E-state index contributed by atoms with van der Waals surface area (Å²) >= 11 is 0. The molecule has 0 bridgehead atoms. The van der Waals surface area contributed by atoms with Crippen molar-refractivity contribution < 1.29 is 9.18 Å². The van der Waals surface area contributed by atoms with Gasteiger partial charge in [0.05, 0.1) is 0 Å². The Labute approximate surface area is 113 Å². The Morgan fingerprint density at radius 1 is 0.947 bits per heavy atom. The van der Waals surface area contributed by atoms with Gasteiger partial charge in [0, 0.05) is 12.8 Å². The van der Waals surface area contributed by atoms with E-state index in [1.54, 1.807) is 18.2 Å². The monoisotopic (exact) mass is 256 g/mol. The first-order chi connectivity index (χ1) is 9.25. The van der Waals surface area contributed by atoms with Crippen LogP contribution in [-0.2, 0) is 17.6 Å². The van der Waals surface area contributed by atoms with Gasteiger partial charge in [-0.05, 0) is 30.0 Å². The third kappa shape index (κ3) is 4.32. The number of rotatable bonds is 6. The second-order valence-electron chi connectivity index (χ2n) is 4.65. The molecule has 0 unspecified atom stereocenters. The highest BCUT2D eigenvalue weighted by Crippen LogP contribution is 2.10. The number of hydrogen-bond acceptors (Lipinski definition) is 1. The first-order valence-electron chi connectivity index (χ1n) is 6.55. The van der Waals surface area contributed by atoms with Gasteiger partial charge in [0.2, 0.25) is 0 Å². The van der Waals surface area contributed by atoms with Gasteiger partial charge < -0.3 is 0 Å². The molecule has 0 heterocycles. The number of aryl methyl sites for hydroxylation is 1. The van der Waals surface area contributed by atoms with E-state index in [9.17, 15) is 9.18 Å². The number of carbonyl (C=O) groups is 1. The lowest BCUT2D eigenvalue weighted by Crippen LogP contribution is -2.04. The minimum absolute atomic E-state index is 0.0982. The van der Waals surface area contributed by atoms with E-state index in [0.717, 1.165) is 12.8 Å². The molecule has 0 saturated heterocycles. The van der Waals surface area contributed by atoms with Crippen molar-refractivity contribution in [2.75, 3.05) is 0 Å². The molecule has 0 spiro atoms. The van der Waals surface area contributed by atoms with E-state index in [4.69, 9.17) is 0 Å². The van der Waals surface area contributed by atoms with Gasteiger partial charge in [0.1, 0.15) is 11.6 Å². The maximum Gasteiger partial charge on any atom is 0.137 e. The molecule has 0 fully saturated rings. The Kier molecular flexibility index (Phi) is 4.85. The fourth-order valence-corrected chi connectivity index (χ4v) is 2.08. The van der Waals surface area contributed by atoms with Crippen molar-refractivity contribution in [3.8, 4) is 0 Å². The number of ketones is 1. The quantitative estimate of drug-likeness (QED) is 0.764. The summed E-state index contributed by atoms with van der Waals surface area (Å²) in [5.74, 6) is -0.194. The molecule has 2 aromatic carbocycles. The molecule has 0 atom stereocenters. The molecule has 19 heavy (non-hydrogen) atoms. The van der Waals surface area contributed by atoms with E-state index in [1.165, 1.54) is 11.6 Å². The van der Waals surface area contributed by atoms with E-state index >= 15 is 0 Å². The largest absolute Gasteiger partial charge is 0.299 e. The van der Waals surface area contributed by atoms with E-state index in [0.29, 0.717) is 12.0 Å². The number of hydrogen-bond donors (Lipinski definition) is 0. The molecular weight excluding hydrogens is 239 g/mol. The fourth-order valence-electron chi connectivity index (χ4n) is 2.08. The molecule has 98 valence electrons. The van der Waals surface area contributed by atoms with Gasteiger partial charge in [-0.15, -0.1) is 0 Å². The molecule has 0 N–H and O–H groups in total. The van der Waals surface area contributed by atoms with Crippen LogP contribution in [0, 0.1) is 5.82 Å². The summed E-state index contributed by atoms with van der Waals surface area (Å²) in [4.78, 5) is 11.8. The molecule has 0 aliphatic rings. The van der Waals surface area contributed by atoms with E-state index in [2.05, 4.69) is 12.1 Å². The highest BCUT2D eigenvalue weighted by atomic mass is 19.1. The molecule has 0 radical (unpaired) electrons. The Bertz CT molecular complexity index is 534. The molecule has 0 aliphatic heterocycles. The van der Waals surface area contributed by atoms with Crippen molar-refractivity contribution in [2.45, 2.75) is 25.7 Å². The normalized spacial score (nSPS) is 10.4. The third-order valence-corrected chi connectivity index (χ3v) is 3.11. The van der Waals surface area contributed by atoms with Crippen LogP contribution >= 0.6 is 0 Å². The molecule has 0 saturated carbocycles. The van der Waals surface area contributed by atoms with Crippen molar-refractivity contribution in [2.24, 2.45) is 0 Å². The maximum atomic E-state index is 13.4. The van der Waals surface area contributed by atoms with Crippen LogP contribution in [0.25, 0.3) is 0 Å². The predicted molar refractivity (Wildman–Crippen MR) is 74.5 cm³/mol. The Balaban J connectivity index is 1.78. The van der Waals surface area contributed by atoms with Crippen LogP contribution in [0.5, 0.6) is 0 Å². The fraction of sp³-hybridized carbons (Fsp3) is 0.235. The zero-order valence-electron chi connectivity index (χ0n) is 10.8. The molecule has 2 rings (SSSR count). The number of halogens is 1. The molecule has 1 nitrogen and oxygen atoms in total. The Morgan fingerprint density at radius 2 is 1.63 bits per heavy atom. The Morgan fingerprint density at radius 3 is 2.37 bits per heavy atom. The minimum Gasteiger partial charge on any atom is -0.299 e. The van der Waals surface area contributed by atoms with Gasteiger partial charge in [-0.25, -0.2) is 4.39 Å². The smallest absolute Gasteiger partial charge is 0.137 e. The second-order valence-corrected chi connectivity index (χ2v) is 4.65. The first kappa shape index (κ1) is 13.5. The van der Waals surface area contributed by atoms with E-state index in [1.807, 2.05) is 18.2 Å². The summed E-state index contributed by atoms with van der Waals surface area (Å²) in [6.07, 6.45) is 2.41. The van der Waals surface area contributed by atoms with Gasteiger partial charge in [-0.3, -0.25) is 4.79 Å². The second kappa shape index (κ2) is 6.83. The van der Waals surface area contributed by atoms with Gasteiger partial charge >= 0.3 is 0 Å². The first-order valence-corrected chi connectivity index (χ1v) is 6.55. The molecule has 0 aliphatic carbocycles. The van der Waals surface area contributed by atoms with Gasteiger partial charge in [-0.2, -0.15) is 0 Å². The summed E-state index contributed by atoms with van der Waals surface area (Å²) in [6, 6.07) is 16.5. The van der Waals surface area contributed by atoms with Gasteiger partial charge in [-0.1, -0.05) is 48.5 Å². The lowest BCUT2D eigenvalue weighted by Gasteiger charge is -2.03. The topological polar surface area (TPSA) is 17.1 Å². The van der Waals surface area contributed by atoms with Gasteiger partial charge in [0.25, 0.3) is 0 Å². The third-order valence-electron chi connectivity index (χ3n) is 3.11. The van der Waals surface area contributed by atoms with Crippen molar-refractivity contribution in [3.05, 3.63) is 71.5 Å². The summed E-state index contributed by atoms with van der Waals surface area (Å²) in [5, 5.41) is 0. The zero-order chi connectivity index (χ0) is 13.5. The van der Waals surface area contributed by atoms with Crippen LogP contribution in [-0.4, -0.2) is 5.78 Å². The van der Waals surface area contributed by atoms with Crippen molar-refractivity contribution in [1.29, 1.82) is 0 Å². The SMILES string of the molecule is O=C(CCCc1ccccc1)Cc1ccccc1F. The van der Waals surface area contributed by atoms with Crippen molar-refractivity contribution in [3.63, 3.8) is 0 Å². The number of Topliss-reactive ketones (excluding diaryl/α,β-unsaturated/α-hetero) is 1. The zero-order valence-corrected chi connectivity index (χ0v) is 10.8. The number of carbonyl (C=O) groups excluding carboxylic acids is 1. The standard InChI is InChI=1S/C17H17FO/c18-17-12-5-4-10-15(17)13-16(19)11-6-9-14-7-2-1-3-8-14/h1-5,7-8,10,12H,6,9,11,13H2. The van der Waals surface area contributed by atoms with E-state index < -0.39 is 0 Å². The summed E-state index contributed by atoms with van der Waals surface area (Å²) in [7, 11) is 0. The summed E-state index contributed by atoms with van der Waals surface area (Å²) < 4.78 is 13.4. The minimum atomic E-state index is -0.293. The van der Waals surface area contributed by atoms with Crippen LogP contribution in [0.15, 0.2) is 54.6 Å². The van der Waals surface area contributed by atoms with Crippen molar-refractivity contribution >= 4 is 5.78 Å². The Hall–Kier alpha value is -1.96. The van der Waals surface area contributed by atoms with Crippen LogP contribution < -0.4 is 0 Å². The van der Waals surface area contributed by atoms with Crippen LogP contribution in [0.4, 0.5) is 4.39 Å². The number of benzene rings is 2. The highest BCUT2D eigenvalue weighted by Gasteiger charge is 2.07. The predicted octanol–water partition coefficient (Wildman–Crippen LogP) is 3.96. The average Bonchev–Trinajstić information content (AvgIpc) is 2.43. The molecule has 2 heteroatoms. The lowest BCUT2D eigenvalue weighted by atomic mass is 10.0.